The minimum Gasteiger partial charge on any atom is -0.444 e. The number of halogens is 6. The standard InChI is InChI=1S/C27H28F6N4O4/c1-16-3-2-4-17(9-16)13-35-14-22-36(8-6-23(38)37(22)21(5-7-34)24(35)39)25(40)41-15-18-10-19(26(28,29)30)12-20(11-18)27(31,32)33/h2-4,9-12,21-22H,5-8,13-15,34H2,1H3/t21-,22+/m0/s1. The number of rotatable bonds is 6. The number of alkyl halides is 6. The summed E-state index contributed by atoms with van der Waals surface area (Å²) in [6.45, 7) is 1.09. The van der Waals surface area contributed by atoms with Crippen molar-refractivity contribution in [1.82, 2.24) is 14.7 Å². The Bertz CT molecular complexity index is 1280. The molecule has 0 saturated carbocycles. The molecule has 14 heteroatoms. The molecule has 4 rings (SSSR count). The zero-order valence-corrected chi connectivity index (χ0v) is 22.0. The summed E-state index contributed by atoms with van der Waals surface area (Å²) in [5, 5.41) is 0. The number of carbonyl (C=O) groups excluding carboxylic acids is 3. The van der Waals surface area contributed by atoms with Crippen molar-refractivity contribution in [3.05, 3.63) is 70.3 Å². The predicted molar refractivity (Wildman–Crippen MR) is 133 cm³/mol. The SMILES string of the molecule is Cc1cccc(CN2C[C@@H]3N(C(=O)OCc4cc(C(F)(F)F)cc(C(F)(F)F)c4)CCC(=O)N3[C@@H](CCN)C2=O)c1. The minimum absolute atomic E-state index is 0.0150. The number of nitrogens with two attached hydrogens (primary N) is 1. The van der Waals surface area contributed by atoms with Crippen LogP contribution in [0.5, 0.6) is 0 Å². The van der Waals surface area contributed by atoms with E-state index < -0.39 is 54.0 Å². The zero-order chi connectivity index (χ0) is 30.1. The summed E-state index contributed by atoms with van der Waals surface area (Å²) in [5.41, 5.74) is 3.94. The molecule has 0 bridgehead atoms. The van der Waals surface area contributed by atoms with Gasteiger partial charge >= 0.3 is 18.4 Å². The van der Waals surface area contributed by atoms with Gasteiger partial charge in [-0.3, -0.25) is 14.5 Å². The highest BCUT2D eigenvalue weighted by Crippen LogP contribution is 2.36. The van der Waals surface area contributed by atoms with Crippen LogP contribution in [0.25, 0.3) is 0 Å². The van der Waals surface area contributed by atoms with Crippen molar-refractivity contribution in [3.8, 4) is 0 Å². The Morgan fingerprint density at radius 2 is 1.66 bits per heavy atom. The summed E-state index contributed by atoms with van der Waals surface area (Å²) in [5.74, 6) is -0.728. The fraction of sp³-hybridized carbons (Fsp3) is 0.444. The lowest BCUT2D eigenvalue weighted by atomic mass is 10.0. The van der Waals surface area contributed by atoms with Gasteiger partial charge in [0.1, 0.15) is 18.8 Å². The van der Waals surface area contributed by atoms with Gasteiger partial charge in [-0.05, 0) is 49.2 Å². The molecule has 0 aliphatic carbocycles. The van der Waals surface area contributed by atoms with Crippen LogP contribution in [0.4, 0.5) is 31.1 Å². The molecule has 222 valence electrons. The largest absolute Gasteiger partial charge is 0.444 e. The second-order valence-electron chi connectivity index (χ2n) is 9.99. The fourth-order valence-corrected chi connectivity index (χ4v) is 5.13. The normalized spacial score (nSPS) is 19.9. The summed E-state index contributed by atoms with van der Waals surface area (Å²) in [7, 11) is 0. The molecule has 2 atom stereocenters. The molecule has 2 aromatic rings. The van der Waals surface area contributed by atoms with E-state index in [1.165, 1.54) is 14.7 Å². The maximum Gasteiger partial charge on any atom is 0.416 e. The quantitative estimate of drug-likeness (QED) is 0.510. The first-order valence-electron chi connectivity index (χ1n) is 12.8. The number of aryl methyl sites for hydroxylation is 1. The Labute approximate surface area is 231 Å². The molecule has 3 amide bonds. The maximum absolute atomic E-state index is 13.4. The van der Waals surface area contributed by atoms with Crippen LogP contribution >= 0.6 is 0 Å². The molecule has 2 aromatic carbocycles. The van der Waals surface area contributed by atoms with Gasteiger partial charge in [-0.25, -0.2) is 4.79 Å². The van der Waals surface area contributed by atoms with Gasteiger partial charge in [-0.2, -0.15) is 26.3 Å². The third-order valence-electron chi connectivity index (χ3n) is 6.99. The first kappa shape index (κ1) is 30.2. The number of benzene rings is 2. The van der Waals surface area contributed by atoms with Crippen LogP contribution in [0.15, 0.2) is 42.5 Å². The number of fused-ring (bicyclic) bond motifs is 1. The molecule has 0 radical (unpaired) electrons. The second kappa shape index (κ2) is 11.6. The summed E-state index contributed by atoms with van der Waals surface area (Å²) in [6.07, 6.45) is -12.1. The molecule has 41 heavy (non-hydrogen) atoms. The van der Waals surface area contributed by atoms with Gasteiger partial charge in [0.2, 0.25) is 11.8 Å². The highest BCUT2D eigenvalue weighted by molar-refractivity contribution is 5.90. The molecule has 0 spiro atoms. The molecule has 2 saturated heterocycles. The number of nitrogens with zero attached hydrogens (tertiary/aromatic N) is 3. The van der Waals surface area contributed by atoms with E-state index in [0.29, 0.717) is 12.1 Å². The van der Waals surface area contributed by atoms with Crippen LogP contribution in [0, 0.1) is 6.92 Å². The van der Waals surface area contributed by atoms with E-state index in [9.17, 15) is 40.7 Å². The van der Waals surface area contributed by atoms with E-state index in [0.717, 1.165) is 11.1 Å². The molecule has 2 aliphatic rings. The minimum atomic E-state index is -5.05. The van der Waals surface area contributed by atoms with Crippen molar-refractivity contribution in [2.24, 2.45) is 5.73 Å². The van der Waals surface area contributed by atoms with Crippen LogP contribution < -0.4 is 5.73 Å². The van der Waals surface area contributed by atoms with Crippen LogP contribution in [-0.4, -0.2) is 64.4 Å². The van der Waals surface area contributed by atoms with Gasteiger partial charge in [0.05, 0.1) is 17.7 Å². The lowest BCUT2D eigenvalue weighted by Crippen LogP contribution is -2.71. The van der Waals surface area contributed by atoms with Crippen molar-refractivity contribution in [2.45, 2.75) is 57.5 Å². The number of hydrogen-bond acceptors (Lipinski definition) is 5. The molecule has 0 unspecified atom stereocenters. The number of amides is 3. The Hall–Kier alpha value is -3.81. The average Bonchev–Trinajstić information content (AvgIpc) is 2.88. The number of ether oxygens (including phenoxy) is 1. The number of piperazine rings is 1. The van der Waals surface area contributed by atoms with Crippen LogP contribution in [0.3, 0.4) is 0 Å². The molecule has 2 N–H and O–H groups in total. The lowest BCUT2D eigenvalue weighted by Gasteiger charge is -2.51. The van der Waals surface area contributed by atoms with Gasteiger partial charge in [0, 0.05) is 19.5 Å². The summed E-state index contributed by atoms with van der Waals surface area (Å²) in [4.78, 5) is 43.4. The van der Waals surface area contributed by atoms with Crippen LogP contribution in [-0.2, 0) is 39.8 Å². The molecule has 0 aromatic heterocycles. The van der Waals surface area contributed by atoms with Crippen LogP contribution in [0.1, 0.15) is 40.7 Å². The molecule has 2 aliphatic heterocycles. The van der Waals surface area contributed by atoms with Gasteiger partial charge in [0.15, 0.2) is 0 Å². The highest BCUT2D eigenvalue weighted by atomic mass is 19.4. The lowest BCUT2D eigenvalue weighted by molar-refractivity contribution is -0.168. The topological polar surface area (TPSA) is 96.2 Å². The molecular formula is C27H28F6N4O4. The van der Waals surface area contributed by atoms with Crippen LogP contribution in [0.2, 0.25) is 0 Å². The third kappa shape index (κ3) is 6.75. The van der Waals surface area contributed by atoms with Crippen molar-refractivity contribution < 1.29 is 45.5 Å². The van der Waals surface area contributed by atoms with E-state index in [4.69, 9.17) is 10.5 Å². The van der Waals surface area contributed by atoms with Crippen molar-refractivity contribution in [2.75, 3.05) is 19.6 Å². The number of hydrogen-bond donors (Lipinski definition) is 1. The van der Waals surface area contributed by atoms with Crippen molar-refractivity contribution >= 4 is 17.9 Å². The summed E-state index contributed by atoms with van der Waals surface area (Å²) >= 11 is 0. The van der Waals surface area contributed by atoms with Gasteiger partial charge in [-0.15, -0.1) is 0 Å². The number of carbonyl (C=O) groups is 3. The monoisotopic (exact) mass is 586 g/mol. The van der Waals surface area contributed by atoms with E-state index in [-0.39, 0.29) is 56.9 Å². The fourth-order valence-electron chi connectivity index (χ4n) is 5.13. The Morgan fingerprint density at radius 1 is 1.00 bits per heavy atom. The van der Waals surface area contributed by atoms with Gasteiger partial charge < -0.3 is 20.3 Å². The van der Waals surface area contributed by atoms with E-state index in [1.54, 1.807) is 0 Å². The first-order chi connectivity index (χ1) is 19.2. The molecule has 2 fully saturated rings. The second-order valence-corrected chi connectivity index (χ2v) is 9.99. The summed E-state index contributed by atoms with van der Waals surface area (Å²) < 4.78 is 84.6. The average molecular weight is 587 g/mol. The van der Waals surface area contributed by atoms with Crippen molar-refractivity contribution in [1.29, 1.82) is 0 Å². The third-order valence-corrected chi connectivity index (χ3v) is 6.99. The van der Waals surface area contributed by atoms with E-state index in [2.05, 4.69) is 0 Å². The van der Waals surface area contributed by atoms with Gasteiger partial charge in [0.25, 0.3) is 0 Å². The molecule has 8 nitrogen and oxygen atoms in total. The summed E-state index contributed by atoms with van der Waals surface area (Å²) in [6, 6.07) is 7.42. The highest BCUT2D eigenvalue weighted by Gasteiger charge is 2.49. The Kier molecular flexibility index (Phi) is 8.52. The first-order valence-corrected chi connectivity index (χ1v) is 12.8. The Morgan fingerprint density at radius 3 is 2.24 bits per heavy atom. The predicted octanol–water partition coefficient (Wildman–Crippen LogP) is 4.29. The molecule has 2 heterocycles. The van der Waals surface area contributed by atoms with Gasteiger partial charge in [-0.1, -0.05) is 29.8 Å². The van der Waals surface area contributed by atoms with E-state index >= 15 is 0 Å². The zero-order valence-electron chi connectivity index (χ0n) is 22.0. The van der Waals surface area contributed by atoms with E-state index in [1.807, 2.05) is 31.2 Å². The Balaban J connectivity index is 1.57. The maximum atomic E-state index is 13.4. The van der Waals surface area contributed by atoms with Crippen molar-refractivity contribution in [3.63, 3.8) is 0 Å². The smallest absolute Gasteiger partial charge is 0.416 e. The molecular weight excluding hydrogens is 558 g/mol.